The number of furan rings is 1. The highest BCUT2D eigenvalue weighted by atomic mass is 35.5. The van der Waals surface area contributed by atoms with Gasteiger partial charge in [0.15, 0.2) is 5.76 Å². The Balaban J connectivity index is 1.76. The lowest BCUT2D eigenvalue weighted by molar-refractivity contribution is 0.0716. The first-order chi connectivity index (χ1) is 12.4. The number of rotatable bonds is 6. The Labute approximate surface area is 162 Å². The summed E-state index contributed by atoms with van der Waals surface area (Å²) in [6.07, 6.45) is 2.73. The van der Waals surface area contributed by atoms with Gasteiger partial charge in [-0.15, -0.1) is 11.3 Å². The van der Waals surface area contributed by atoms with E-state index in [1.165, 1.54) is 27.8 Å². The Morgan fingerprint density at radius 2 is 1.96 bits per heavy atom. The summed E-state index contributed by atoms with van der Waals surface area (Å²) in [6.45, 7) is 3.73. The number of halogens is 1. The van der Waals surface area contributed by atoms with Crippen LogP contribution in [0.3, 0.4) is 0 Å². The minimum Gasteiger partial charge on any atom is -0.438 e. The fourth-order valence-electron chi connectivity index (χ4n) is 2.91. The summed E-state index contributed by atoms with van der Waals surface area (Å²) in [5, 5.41) is -0.169. The van der Waals surface area contributed by atoms with Crippen molar-refractivity contribution in [1.29, 1.82) is 0 Å². The number of hydrogen-bond acceptors (Lipinski definition) is 5. The summed E-state index contributed by atoms with van der Waals surface area (Å²) in [6, 6.07) is 6.46. The van der Waals surface area contributed by atoms with Gasteiger partial charge >= 0.3 is 0 Å². The van der Waals surface area contributed by atoms with Crippen LogP contribution in [0.25, 0.3) is 0 Å². The topological polar surface area (TPSA) is 70.8 Å². The van der Waals surface area contributed by atoms with Crippen LogP contribution in [-0.4, -0.2) is 43.2 Å². The minimum atomic E-state index is -3.68. The largest absolute Gasteiger partial charge is 0.438 e. The molecule has 26 heavy (non-hydrogen) atoms. The standard InChI is InChI=1S/C17H21ClN2O4S2/c1-2-19(12-13-6-8-15(18)25-13)17(21)14-7-9-16(24-14)26(22,23)20-10-4-3-5-11-20/h6-9H,2-5,10-12H2,1H3. The predicted octanol–water partition coefficient (Wildman–Crippen LogP) is 3.83. The Morgan fingerprint density at radius 1 is 1.23 bits per heavy atom. The number of carbonyl (C=O) groups excluding carboxylic acids is 1. The van der Waals surface area contributed by atoms with Crippen molar-refractivity contribution in [3.8, 4) is 0 Å². The van der Waals surface area contributed by atoms with Gasteiger partial charge in [0.25, 0.3) is 15.9 Å². The molecule has 1 fully saturated rings. The van der Waals surface area contributed by atoms with Gasteiger partial charge in [0.1, 0.15) is 0 Å². The zero-order valence-electron chi connectivity index (χ0n) is 14.5. The molecule has 3 heterocycles. The fourth-order valence-corrected chi connectivity index (χ4v) is 5.45. The van der Waals surface area contributed by atoms with Crippen molar-refractivity contribution in [2.24, 2.45) is 0 Å². The molecule has 1 saturated heterocycles. The molecule has 142 valence electrons. The number of sulfonamides is 1. The predicted molar refractivity (Wildman–Crippen MR) is 101 cm³/mol. The second kappa shape index (κ2) is 8.12. The molecule has 6 nitrogen and oxygen atoms in total. The van der Waals surface area contributed by atoms with Gasteiger partial charge in [0, 0.05) is 24.5 Å². The van der Waals surface area contributed by atoms with Crippen molar-refractivity contribution >= 4 is 38.9 Å². The van der Waals surface area contributed by atoms with E-state index in [0.29, 0.717) is 30.5 Å². The average molecular weight is 417 g/mol. The normalized spacial score (nSPS) is 15.9. The van der Waals surface area contributed by atoms with Crippen LogP contribution in [0.1, 0.15) is 41.6 Å². The molecule has 9 heteroatoms. The number of piperidine rings is 1. The van der Waals surface area contributed by atoms with E-state index < -0.39 is 10.0 Å². The molecule has 0 aromatic carbocycles. The molecule has 1 aliphatic heterocycles. The number of thiophene rings is 1. The molecule has 0 saturated carbocycles. The Kier molecular flexibility index (Phi) is 6.06. The van der Waals surface area contributed by atoms with E-state index in [1.807, 2.05) is 13.0 Å². The Morgan fingerprint density at radius 3 is 2.58 bits per heavy atom. The van der Waals surface area contributed by atoms with E-state index >= 15 is 0 Å². The maximum atomic E-state index is 12.7. The van der Waals surface area contributed by atoms with Crippen LogP contribution < -0.4 is 0 Å². The van der Waals surface area contributed by atoms with E-state index in [0.717, 1.165) is 24.1 Å². The first-order valence-electron chi connectivity index (χ1n) is 8.55. The van der Waals surface area contributed by atoms with E-state index in [4.69, 9.17) is 16.0 Å². The van der Waals surface area contributed by atoms with Gasteiger partial charge in [-0.25, -0.2) is 8.42 Å². The summed E-state index contributed by atoms with van der Waals surface area (Å²) in [4.78, 5) is 15.3. The van der Waals surface area contributed by atoms with E-state index in [-0.39, 0.29) is 16.8 Å². The first-order valence-corrected chi connectivity index (χ1v) is 11.2. The molecule has 0 bridgehead atoms. The summed E-state index contributed by atoms with van der Waals surface area (Å²) in [5.41, 5.74) is 0. The number of amides is 1. The van der Waals surface area contributed by atoms with Crippen molar-refractivity contribution in [2.75, 3.05) is 19.6 Å². The van der Waals surface area contributed by atoms with Crippen LogP contribution in [0.5, 0.6) is 0 Å². The lowest BCUT2D eigenvalue weighted by Gasteiger charge is -2.24. The van der Waals surface area contributed by atoms with Gasteiger partial charge in [0.05, 0.1) is 10.9 Å². The summed E-state index contributed by atoms with van der Waals surface area (Å²) in [7, 11) is -3.68. The van der Waals surface area contributed by atoms with Crippen molar-refractivity contribution in [2.45, 2.75) is 37.8 Å². The third kappa shape index (κ3) is 4.14. The molecule has 0 atom stereocenters. The van der Waals surface area contributed by atoms with Gasteiger partial charge in [-0.3, -0.25) is 4.79 Å². The highest BCUT2D eigenvalue weighted by Gasteiger charge is 2.30. The van der Waals surface area contributed by atoms with E-state index in [9.17, 15) is 13.2 Å². The highest BCUT2D eigenvalue weighted by Crippen LogP contribution is 2.25. The maximum Gasteiger partial charge on any atom is 0.289 e. The number of carbonyl (C=O) groups is 1. The fraction of sp³-hybridized carbons (Fsp3) is 0.471. The van der Waals surface area contributed by atoms with Crippen molar-refractivity contribution in [3.63, 3.8) is 0 Å². The molecule has 1 amide bonds. The zero-order chi connectivity index (χ0) is 18.7. The minimum absolute atomic E-state index is 0.0325. The molecule has 1 aliphatic rings. The lowest BCUT2D eigenvalue weighted by Crippen LogP contribution is -2.35. The van der Waals surface area contributed by atoms with Crippen molar-refractivity contribution < 1.29 is 17.6 Å². The van der Waals surface area contributed by atoms with Crippen molar-refractivity contribution in [3.05, 3.63) is 39.2 Å². The molecule has 0 spiro atoms. The highest BCUT2D eigenvalue weighted by molar-refractivity contribution is 7.89. The smallest absolute Gasteiger partial charge is 0.289 e. The molecule has 2 aromatic heterocycles. The maximum absolute atomic E-state index is 12.7. The molecule has 2 aromatic rings. The SMILES string of the molecule is CCN(Cc1ccc(Cl)s1)C(=O)c1ccc(S(=O)(=O)N2CCCCC2)o1. The van der Waals surface area contributed by atoms with Crippen LogP contribution in [0.2, 0.25) is 4.34 Å². The molecular formula is C17H21ClN2O4S2. The first kappa shape index (κ1) is 19.4. The average Bonchev–Trinajstić information content (AvgIpc) is 3.29. The summed E-state index contributed by atoms with van der Waals surface area (Å²) in [5.74, 6) is -0.304. The summed E-state index contributed by atoms with van der Waals surface area (Å²) < 4.78 is 32.8. The van der Waals surface area contributed by atoms with Gasteiger partial charge in [-0.1, -0.05) is 18.0 Å². The van der Waals surface area contributed by atoms with Crippen LogP contribution in [0.4, 0.5) is 0 Å². The molecule has 3 rings (SSSR count). The van der Waals surface area contributed by atoms with Crippen molar-refractivity contribution in [1.82, 2.24) is 9.21 Å². The molecule has 0 N–H and O–H groups in total. The van der Waals surface area contributed by atoms with Crippen LogP contribution in [-0.2, 0) is 16.6 Å². The van der Waals surface area contributed by atoms with E-state index in [2.05, 4.69) is 0 Å². The Hall–Kier alpha value is -1.35. The zero-order valence-corrected chi connectivity index (χ0v) is 16.9. The second-order valence-electron chi connectivity index (χ2n) is 6.11. The van der Waals surface area contributed by atoms with Gasteiger partial charge < -0.3 is 9.32 Å². The Bertz CT molecular complexity index is 869. The molecular weight excluding hydrogens is 396 g/mol. The number of nitrogens with zero attached hydrogens (tertiary/aromatic N) is 2. The van der Waals surface area contributed by atoms with Crippen LogP contribution in [0.15, 0.2) is 33.8 Å². The monoisotopic (exact) mass is 416 g/mol. The number of hydrogen-bond donors (Lipinski definition) is 0. The van der Waals surface area contributed by atoms with Gasteiger partial charge in [-0.2, -0.15) is 4.31 Å². The third-order valence-electron chi connectivity index (χ3n) is 4.35. The van der Waals surface area contributed by atoms with Gasteiger partial charge in [-0.05, 0) is 44.0 Å². The summed E-state index contributed by atoms with van der Waals surface area (Å²) >= 11 is 7.35. The van der Waals surface area contributed by atoms with E-state index in [1.54, 1.807) is 11.0 Å². The van der Waals surface area contributed by atoms with Crippen LogP contribution >= 0.6 is 22.9 Å². The lowest BCUT2D eigenvalue weighted by atomic mass is 10.2. The second-order valence-corrected chi connectivity index (χ2v) is 9.78. The molecule has 0 unspecified atom stereocenters. The van der Waals surface area contributed by atoms with Gasteiger partial charge in [0.2, 0.25) is 5.09 Å². The molecule has 0 radical (unpaired) electrons. The molecule has 0 aliphatic carbocycles. The third-order valence-corrected chi connectivity index (χ3v) is 7.33. The van der Waals surface area contributed by atoms with Crippen LogP contribution in [0, 0.1) is 0 Å². The quantitative estimate of drug-likeness (QED) is 0.717.